The number of nitrogens with zero attached hydrogens (tertiary/aromatic N) is 1. The Morgan fingerprint density at radius 2 is 1.92 bits per heavy atom. The van der Waals surface area contributed by atoms with Gasteiger partial charge >= 0.3 is 0 Å². The van der Waals surface area contributed by atoms with Crippen molar-refractivity contribution in [1.29, 1.82) is 0 Å². The zero-order valence-electron chi connectivity index (χ0n) is 14.1. The summed E-state index contributed by atoms with van der Waals surface area (Å²) in [5.41, 5.74) is 0.224. The normalized spacial score (nSPS) is 11.4. The summed E-state index contributed by atoms with van der Waals surface area (Å²) < 4.78 is 25.0. The summed E-state index contributed by atoms with van der Waals surface area (Å²) in [6.45, 7) is 1.22. The molecule has 1 heterocycles. The van der Waals surface area contributed by atoms with Crippen molar-refractivity contribution in [2.24, 2.45) is 4.99 Å². The maximum Gasteiger partial charge on any atom is 0.263 e. The van der Waals surface area contributed by atoms with Crippen LogP contribution in [-0.2, 0) is 4.79 Å². The zero-order chi connectivity index (χ0) is 18.7. The molecule has 0 fully saturated rings. The van der Waals surface area contributed by atoms with Crippen LogP contribution >= 0.6 is 0 Å². The number of carbonyl (C=O) groups is 2. The Hall–Kier alpha value is -3.48. The lowest BCUT2D eigenvalue weighted by atomic mass is 10.1. The standard InChI is InChI=1S/C19H15FN2O4/c1-11(23)21-18(24)13-10-12-6-5-9-16(25-2)17(12)26-19(13)22-15-8-4-3-7-14(15)20/h3-10H,1-2H3,(H,21,23,24). The second kappa shape index (κ2) is 7.18. The van der Waals surface area contributed by atoms with Crippen LogP contribution in [0.4, 0.5) is 10.1 Å². The minimum atomic E-state index is -0.693. The minimum absolute atomic E-state index is 0.00220. The second-order valence-corrected chi connectivity index (χ2v) is 5.42. The van der Waals surface area contributed by atoms with Gasteiger partial charge in [-0.2, -0.15) is 0 Å². The van der Waals surface area contributed by atoms with E-state index in [2.05, 4.69) is 10.3 Å². The number of para-hydroxylation sites is 2. The molecule has 0 spiro atoms. The van der Waals surface area contributed by atoms with Gasteiger partial charge in [-0.05, 0) is 24.3 Å². The van der Waals surface area contributed by atoms with Crippen LogP contribution in [0.2, 0.25) is 0 Å². The first-order chi connectivity index (χ1) is 12.5. The number of benzene rings is 2. The number of hydrogen-bond donors (Lipinski definition) is 1. The Morgan fingerprint density at radius 3 is 2.62 bits per heavy atom. The number of amides is 2. The molecule has 7 heteroatoms. The fourth-order valence-electron chi connectivity index (χ4n) is 2.41. The number of carbonyl (C=O) groups excluding carboxylic acids is 2. The van der Waals surface area contributed by atoms with Gasteiger partial charge in [0.1, 0.15) is 17.1 Å². The molecule has 1 aromatic heterocycles. The summed E-state index contributed by atoms with van der Waals surface area (Å²) >= 11 is 0. The number of rotatable bonds is 3. The van der Waals surface area contributed by atoms with Crippen molar-refractivity contribution in [1.82, 2.24) is 5.32 Å². The minimum Gasteiger partial charge on any atom is -0.493 e. The predicted octanol–water partition coefficient (Wildman–Crippen LogP) is 3.09. The van der Waals surface area contributed by atoms with E-state index in [-0.39, 0.29) is 16.8 Å². The summed E-state index contributed by atoms with van der Waals surface area (Å²) in [5, 5.41) is 2.74. The lowest BCUT2D eigenvalue weighted by molar-refractivity contribution is -0.118. The van der Waals surface area contributed by atoms with E-state index in [0.29, 0.717) is 16.7 Å². The lowest BCUT2D eigenvalue weighted by Crippen LogP contribution is -2.32. The van der Waals surface area contributed by atoms with Gasteiger partial charge in [-0.1, -0.05) is 24.3 Å². The Balaban J connectivity index is 2.31. The summed E-state index contributed by atoms with van der Waals surface area (Å²) in [6, 6.07) is 12.5. The quantitative estimate of drug-likeness (QED) is 0.784. The summed E-state index contributed by atoms with van der Waals surface area (Å²) in [4.78, 5) is 27.7. The Morgan fingerprint density at radius 1 is 1.15 bits per heavy atom. The van der Waals surface area contributed by atoms with Crippen LogP contribution in [0.25, 0.3) is 11.0 Å². The molecule has 3 aromatic rings. The molecule has 0 saturated heterocycles. The maximum absolute atomic E-state index is 14.0. The number of ether oxygens (including phenoxy) is 1. The Labute approximate surface area is 147 Å². The van der Waals surface area contributed by atoms with Crippen LogP contribution in [0.15, 0.2) is 57.9 Å². The van der Waals surface area contributed by atoms with Crippen molar-refractivity contribution in [3.05, 3.63) is 65.5 Å². The monoisotopic (exact) mass is 354 g/mol. The van der Waals surface area contributed by atoms with Gasteiger partial charge in [-0.25, -0.2) is 9.38 Å². The van der Waals surface area contributed by atoms with Crippen LogP contribution in [0, 0.1) is 5.82 Å². The van der Waals surface area contributed by atoms with Crippen molar-refractivity contribution in [2.75, 3.05) is 7.11 Å². The van der Waals surface area contributed by atoms with Crippen LogP contribution in [0.1, 0.15) is 17.3 Å². The molecule has 0 aliphatic heterocycles. The van der Waals surface area contributed by atoms with Crippen molar-refractivity contribution < 1.29 is 23.1 Å². The van der Waals surface area contributed by atoms with E-state index < -0.39 is 17.6 Å². The molecule has 3 rings (SSSR count). The highest BCUT2D eigenvalue weighted by Crippen LogP contribution is 2.25. The van der Waals surface area contributed by atoms with Crippen LogP contribution in [0.3, 0.4) is 0 Å². The molecule has 0 saturated carbocycles. The van der Waals surface area contributed by atoms with Gasteiger partial charge in [0, 0.05) is 12.3 Å². The molecule has 2 aromatic carbocycles. The van der Waals surface area contributed by atoms with Crippen molar-refractivity contribution in [2.45, 2.75) is 6.92 Å². The number of fused-ring (bicyclic) bond motifs is 1. The van der Waals surface area contributed by atoms with Crippen molar-refractivity contribution in [3.63, 3.8) is 0 Å². The predicted molar refractivity (Wildman–Crippen MR) is 92.5 cm³/mol. The van der Waals surface area contributed by atoms with Gasteiger partial charge in [0.15, 0.2) is 11.3 Å². The first kappa shape index (κ1) is 17.3. The topological polar surface area (TPSA) is 80.9 Å². The summed E-state index contributed by atoms with van der Waals surface area (Å²) in [5.74, 6) is -1.36. The lowest BCUT2D eigenvalue weighted by Gasteiger charge is -2.07. The third-order valence-corrected chi connectivity index (χ3v) is 3.57. The summed E-state index contributed by atoms with van der Waals surface area (Å²) in [7, 11) is 1.48. The highest BCUT2D eigenvalue weighted by Gasteiger charge is 2.16. The van der Waals surface area contributed by atoms with Gasteiger partial charge < -0.3 is 9.15 Å². The van der Waals surface area contributed by atoms with Gasteiger partial charge in [0.2, 0.25) is 11.5 Å². The fraction of sp³-hybridized carbons (Fsp3) is 0.105. The number of methoxy groups -OCH3 is 1. The second-order valence-electron chi connectivity index (χ2n) is 5.42. The summed E-state index contributed by atoms with van der Waals surface area (Å²) in [6.07, 6.45) is 0. The Bertz CT molecular complexity index is 1070. The van der Waals surface area contributed by atoms with E-state index in [0.717, 1.165) is 0 Å². The highest BCUT2D eigenvalue weighted by atomic mass is 19.1. The number of halogens is 1. The molecule has 26 heavy (non-hydrogen) atoms. The number of hydrogen-bond acceptors (Lipinski definition) is 5. The smallest absolute Gasteiger partial charge is 0.263 e. The van der Waals surface area contributed by atoms with Gasteiger partial charge in [0.25, 0.3) is 5.91 Å². The zero-order valence-corrected chi connectivity index (χ0v) is 14.1. The van der Waals surface area contributed by atoms with E-state index in [1.54, 1.807) is 24.3 Å². The molecule has 6 nitrogen and oxygen atoms in total. The number of nitrogens with one attached hydrogen (secondary N) is 1. The molecule has 1 N–H and O–H groups in total. The van der Waals surface area contributed by atoms with E-state index in [9.17, 15) is 14.0 Å². The van der Waals surface area contributed by atoms with E-state index >= 15 is 0 Å². The van der Waals surface area contributed by atoms with E-state index in [1.807, 2.05) is 0 Å². The molecule has 0 unspecified atom stereocenters. The van der Waals surface area contributed by atoms with Gasteiger partial charge in [-0.15, -0.1) is 0 Å². The third-order valence-electron chi connectivity index (χ3n) is 3.57. The van der Waals surface area contributed by atoms with Crippen LogP contribution < -0.4 is 15.6 Å². The van der Waals surface area contributed by atoms with Crippen LogP contribution in [-0.4, -0.2) is 18.9 Å². The average molecular weight is 354 g/mol. The Kier molecular flexibility index (Phi) is 4.79. The van der Waals surface area contributed by atoms with Crippen LogP contribution in [0.5, 0.6) is 5.75 Å². The molecule has 132 valence electrons. The molecule has 0 atom stereocenters. The first-order valence-corrected chi connectivity index (χ1v) is 7.71. The van der Waals surface area contributed by atoms with Crippen molar-refractivity contribution >= 4 is 28.5 Å². The molecule has 0 aliphatic rings. The molecule has 0 bridgehead atoms. The van der Waals surface area contributed by atoms with Crippen molar-refractivity contribution in [3.8, 4) is 5.75 Å². The van der Waals surface area contributed by atoms with E-state index in [4.69, 9.17) is 9.15 Å². The molecule has 0 radical (unpaired) electrons. The molecule has 0 aliphatic carbocycles. The molecule has 2 amide bonds. The number of imide groups is 1. The van der Waals surface area contributed by atoms with E-state index in [1.165, 1.54) is 38.3 Å². The largest absolute Gasteiger partial charge is 0.493 e. The first-order valence-electron chi connectivity index (χ1n) is 7.71. The average Bonchev–Trinajstić information content (AvgIpc) is 2.62. The van der Waals surface area contributed by atoms with Gasteiger partial charge in [0.05, 0.1) is 7.11 Å². The highest BCUT2D eigenvalue weighted by molar-refractivity contribution is 6.05. The maximum atomic E-state index is 14.0. The third kappa shape index (κ3) is 3.46. The molecular formula is C19H15FN2O4. The fourth-order valence-corrected chi connectivity index (χ4v) is 2.41. The molecular weight excluding hydrogens is 339 g/mol. The SMILES string of the molecule is COc1cccc2cc(C(=O)NC(C)=O)c(=Nc3ccccc3F)oc12. The van der Waals surface area contributed by atoms with Gasteiger partial charge in [-0.3, -0.25) is 14.9 Å².